The lowest BCUT2D eigenvalue weighted by molar-refractivity contribution is -0.141. The Bertz CT molecular complexity index is 1110. The molecular weight excluding hydrogens is 421 g/mol. The van der Waals surface area contributed by atoms with E-state index in [0.717, 1.165) is 17.2 Å². The standard InChI is InChI=1S/C19H18F5N7/c20-14(21)8-31-17-12(6-26-31)25-7-16(28-17)30-10-18(11-30)4-5-29(9-18)15-3-1-2-13(27-15)19(22,23)24/h1-3,6-7,14H,4-5,8-11H2. The van der Waals surface area contributed by atoms with Crippen LogP contribution in [0, 0.1) is 5.41 Å². The second-order valence-corrected chi connectivity index (χ2v) is 8.06. The highest BCUT2D eigenvalue weighted by molar-refractivity contribution is 5.71. The molecule has 5 rings (SSSR count). The summed E-state index contributed by atoms with van der Waals surface area (Å²) >= 11 is 0. The van der Waals surface area contributed by atoms with Crippen LogP contribution in [0.2, 0.25) is 0 Å². The summed E-state index contributed by atoms with van der Waals surface area (Å²) in [6.07, 6.45) is -3.21. The number of halogens is 5. The first kappa shape index (κ1) is 19.9. The van der Waals surface area contributed by atoms with Gasteiger partial charge < -0.3 is 9.80 Å². The van der Waals surface area contributed by atoms with E-state index in [1.165, 1.54) is 12.3 Å². The molecule has 2 aliphatic heterocycles. The minimum absolute atomic E-state index is 0.0736. The SMILES string of the molecule is FC(F)Cn1ncc2ncc(N3CC4(CCN(c5cccc(C(F)(F)F)n5)C4)C3)nc21. The summed E-state index contributed by atoms with van der Waals surface area (Å²) < 4.78 is 65.5. The van der Waals surface area contributed by atoms with Gasteiger partial charge in [-0.1, -0.05) is 6.07 Å². The van der Waals surface area contributed by atoms with Gasteiger partial charge in [0, 0.05) is 31.6 Å². The zero-order valence-electron chi connectivity index (χ0n) is 16.2. The number of hydrogen-bond acceptors (Lipinski definition) is 6. The van der Waals surface area contributed by atoms with E-state index >= 15 is 0 Å². The van der Waals surface area contributed by atoms with Crippen LogP contribution in [0.4, 0.5) is 33.6 Å². The molecule has 0 bridgehead atoms. The summed E-state index contributed by atoms with van der Waals surface area (Å²) in [5.41, 5.74) is -0.220. The van der Waals surface area contributed by atoms with Gasteiger partial charge in [0.25, 0.3) is 6.43 Å². The van der Waals surface area contributed by atoms with Gasteiger partial charge in [-0.2, -0.15) is 18.3 Å². The number of aromatic nitrogens is 5. The molecule has 5 heterocycles. The fraction of sp³-hybridized carbons (Fsp3) is 0.474. The number of pyridine rings is 1. The van der Waals surface area contributed by atoms with Crippen LogP contribution in [0.1, 0.15) is 12.1 Å². The average Bonchev–Trinajstić information content (AvgIpc) is 3.31. The van der Waals surface area contributed by atoms with Crippen LogP contribution in [-0.4, -0.2) is 57.3 Å². The van der Waals surface area contributed by atoms with E-state index in [-0.39, 0.29) is 5.41 Å². The van der Waals surface area contributed by atoms with Crippen molar-refractivity contribution in [2.24, 2.45) is 5.41 Å². The molecular formula is C19H18F5N7. The molecule has 0 N–H and O–H groups in total. The van der Waals surface area contributed by atoms with Crippen LogP contribution in [0.25, 0.3) is 11.2 Å². The molecule has 2 saturated heterocycles. The van der Waals surface area contributed by atoms with Crippen molar-refractivity contribution in [2.45, 2.75) is 25.6 Å². The average molecular weight is 439 g/mol. The van der Waals surface area contributed by atoms with Gasteiger partial charge in [-0.3, -0.25) is 0 Å². The van der Waals surface area contributed by atoms with Gasteiger partial charge in [0.05, 0.1) is 12.4 Å². The topological polar surface area (TPSA) is 63.0 Å². The van der Waals surface area contributed by atoms with E-state index < -0.39 is 24.8 Å². The van der Waals surface area contributed by atoms with Gasteiger partial charge in [-0.25, -0.2) is 28.4 Å². The Kier molecular flexibility index (Phi) is 4.48. The Morgan fingerprint density at radius 1 is 1.00 bits per heavy atom. The van der Waals surface area contributed by atoms with E-state index in [1.54, 1.807) is 12.3 Å². The Balaban J connectivity index is 1.29. The normalized spacial score (nSPS) is 18.4. The maximum absolute atomic E-state index is 13.0. The Morgan fingerprint density at radius 3 is 2.52 bits per heavy atom. The molecule has 0 aromatic carbocycles. The van der Waals surface area contributed by atoms with Crippen LogP contribution in [-0.2, 0) is 12.7 Å². The maximum Gasteiger partial charge on any atom is 0.433 e. The van der Waals surface area contributed by atoms with Crippen molar-refractivity contribution in [3.05, 3.63) is 36.3 Å². The molecule has 3 aromatic rings. The van der Waals surface area contributed by atoms with Crippen molar-refractivity contribution in [3.63, 3.8) is 0 Å². The minimum Gasteiger partial charge on any atom is -0.356 e. The first-order valence-electron chi connectivity index (χ1n) is 9.73. The fourth-order valence-corrected chi connectivity index (χ4v) is 4.33. The highest BCUT2D eigenvalue weighted by Crippen LogP contribution is 2.42. The fourth-order valence-electron chi connectivity index (χ4n) is 4.33. The predicted molar refractivity (Wildman–Crippen MR) is 102 cm³/mol. The molecule has 0 unspecified atom stereocenters. The molecule has 2 fully saturated rings. The van der Waals surface area contributed by atoms with E-state index in [9.17, 15) is 22.0 Å². The van der Waals surface area contributed by atoms with E-state index in [2.05, 4.69) is 20.1 Å². The van der Waals surface area contributed by atoms with Crippen LogP contribution in [0.15, 0.2) is 30.6 Å². The van der Waals surface area contributed by atoms with Gasteiger partial charge >= 0.3 is 6.18 Å². The van der Waals surface area contributed by atoms with Gasteiger partial charge in [0.2, 0.25) is 0 Å². The quantitative estimate of drug-likeness (QED) is 0.582. The van der Waals surface area contributed by atoms with Crippen LogP contribution >= 0.6 is 0 Å². The second-order valence-electron chi connectivity index (χ2n) is 8.06. The summed E-state index contributed by atoms with van der Waals surface area (Å²) in [4.78, 5) is 16.4. The zero-order valence-corrected chi connectivity index (χ0v) is 16.2. The lowest BCUT2D eigenvalue weighted by Gasteiger charge is -2.48. The van der Waals surface area contributed by atoms with E-state index in [1.807, 2.05) is 9.80 Å². The Hall–Kier alpha value is -3.05. The van der Waals surface area contributed by atoms with Crippen molar-refractivity contribution >= 4 is 22.8 Å². The third-order valence-electron chi connectivity index (χ3n) is 5.81. The van der Waals surface area contributed by atoms with Crippen LogP contribution in [0.3, 0.4) is 0 Å². The lowest BCUT2D eigenvalue weighted by Crippen LogP contribution is -2.58. The first-order valence-corrected chi connectivity index (χ1v) is 9.73. The van der Waals surface area contributed by atoms with Crippen LogP contribution in [0.5, 0.6) is 0 Å². The molecule has 0 radical (unpaired) electrons. The molecule has 0 atom stereocenters. The molecule has 1 spiro atoms. The smallest absolute Gasteiger partial charge is 0.356 e. The number of nitrogens with zero attached hydrogens (tertiary/aromatic N) is 7. The highest BCUT2D eigenvalue weighted by atomic mass is 19.4. The summed E-state index contributed by atoms with van der Waals surface area (Å²) in [6.45, 7) is 1.98. The summed E-state index contributed by atoms with van der Waals surface area (Å²) in [5, 5.41) is 3.92. The van der Waals surface area contributed by atoms with Crippen LogP contribution < -0.4 is 9.80 Å². The molecule has 31 heavy (non-hydrogen) atoms. The van der Waals surface area contributed by atoms with Crippen molar-refractivity contribution in [1.82, 2.24) is 24.7 Å². The number of fused-ring (bicyclic) bond motifs is 1. The molecule has 0 aliphatic carbocycles. The third-order valence-corrected chi connectivity index (χ3v) is 5.81. The Labute approximate surface area is 173 Å². The monoisotopic (exact) mass is 439 g/mol. The molecule has 12 heteroatoms. The number of hydrogen-bond donors (Lipinski definition) is 0. The van der Waals surface area contributed by atoms with E-state index in [4.69, 9.17) is 0 Å². The van der Waals surface area contributed by atoms with Gasteiger partial charge in [-0.05, 0) is 18.6 Å². The molecule has 3 aromatic heterocycles. The highest BCUT2D eigenvalue weighted by Gasteiger charge is 2.48. The largest absolute Gasteiger partial charge is 0.433 e. The molecule has 164 valence electrons. The van der Waals surface area contributed by atoms with Crippen molar-refractivity contribution in [2.75, 3.05) is 36.0 Å². The maximum atomic E-state index is 13.0. The van der Waals surface area contributed by atoms with Gasteiger partial charge in [-0.15, -0.1) is 0 Å². The number of anilines is 2. The molecule has 2 aliphatic rings. The number of rotatable bonds is 4. The van der Waals surface area contributed by atoms with Crippen molar-refractivity contribution in [3.8, 4) is 0 Å². The molecule has 0 amide bonds. The third kappa shape index (κ3) is 3.63. The van der Waals surface area contributed by atoms with E-state index in [0.29, 0.717) is 49.0 Å². The van der Waals surface area contributed by atoms with Gasteiger partial charge in [0.15, 0.2) is 5.65 Å². The van der Waals surface area contributed by atoms with Gasteiger partial charge in [0.1, 0.15) is 29.4 Å². The zero-order chi connectivity index (χ0) is 21.8. The first-order chi connectivity index (χ1) is 14.7. The number of alkyl halides is 5. The second kappa shape index (κ2) is 6.99. The molecule has 7 nitrogen and oxygen atoms in total. The Morgan fingerprint density at radius 2 is 1.77 bits per heavy atom. The van der Waals surface area contributed by atoms with Crippen molar-refractivity contribution < 1.29 is 22.0 Å². The minimum atomic E-state index is -4.48. The summed E-state index contributed by atoms with van der Waals surface area (Å²) in [5.74, 6) is 0.895. The summed E-state index contributed by atoms with van der Waals surface area (Å²) in [6, 6.07) is 3.93. The lowest BCUT2D eigenvalue weighted by atomic mass is 9.79. The predicted octanol–water partition coefficient (Wildman–Crippen LogP) is 3.22. The van der Waals surface area contributed by atoms with Crippen molar-refractivity contribution in [1.29, 1.82) is 0 Å². The molecule has 0 saturated carbocycles. The summed E-state index contributed by atoms with van der Waals surface area (Å²) in [7, 11) is 0.